The van der Waals surface area contributed by atoms with Crippen LogP contribution >= 0.6 is 0 Å². The van der Waals surface area contributed by atoms with Gasteiger partial charge in [-0.15, -0.1) is 0 Å². The van der Waals surface area contributed by atoms with Gasteiger partial charge in [0, 0.05) is 38.6 Å². The lowest BCUT2D eigenvalue weighted by Gasteiger charge is -2.10. The Balaban J connectivity index is 2.07. The van der Waals surface area contributed by atoms with E-state index in [1.807, 2.05) is 30.2 Å². The molecule has 0 saturated heterocycles. The molecule has 1 atom stereocenters. The molecule has 0 bridgehead atoms. The maximum atomic E-state index is 6.14. The van der Waals surface area contributed by atoms with E-state index < -0.39 is 0 Å². The fourth-order valence-electron chi connectivity index (χ4n) is 1.90. The van der Waals surface area contributed by atoms with Crippen LogP contribution in [0.3, 0.4) is 0 Å². The summed E-state index contributed by atoms with van der Waals surface area (Å²) in [6.07, 6.45) is 9.39. The van der Waals surface area contributed by atoms with E-state index in [1.165, 1.54) is 0 Å². The van der Waals surface area contributed by atoms with Crippen molar-refractivity contribution in [2.24, 2.45) is 12.8 Å². The molecule has 0 aliphatic heterocycles. The Hall–Kier alpha value is -1.62. The molecule has 0 aromatic carbocycles. The minimum Gasteiger partial charge on any atom is -0.340 e. The molecular formula is C12H19N5. The largest absolute Gasteiger partial charge is 0.340 e. The molecule has 17 heavy (non-hydrogen) atoms. The molecular weight excluding hydrogens is 214 g/mol. The van der Waals surface area contributed by atoms with Crippen LogP contribution in [0.5, 0.6) is 0 Å². The molecule has 2 aromatic rings. The van der Waals surface area contributed by atoms with Crippen molar-refractivity contribution in [2.45, 2.75) is 32.4 Å². The fourth-order valence-corrected chi connectivity index (χ4v) is 1.90. The molecule has 2 aromatic heterocycles. The Morgan fingerprint density at radius 2 is 2.24 bits per heavy atom. The van der Waals surface area contributed by atoms with Crippen LogP contribution in [-0.2, 0) is 20.0 Å². The number of nitrogens with two attached hydrogens (primary N) is 1. The van der Waals surface area contributed by atoms with Crippen LogP contribution in [0, 0.1) is 0 Å². The number of aryl methyl sites for hydroxylation is 2. The number of nitrogens with zero attached hydrogens (tertiary/aromatic N) is 4. The van der Waals surface area contributed by atoms with E-state index in [0.29, 0.717) is 0 Å². The highest BCUT2D eigenvalue weighted by Gasteiger charge is 2.12. The lowest BCUT2D eigenvalue weighted by atomic mass is 10.1. The summed E-state index contributed by atoms with van der Waals surface area (Å²) in [6.45, 7) is 3.15. The molecule has 0 spiro atoms. The summed E-state index contributed by atoms with van der Waals surface area (Å²) in [7, 11) is 1.95. The highest BCUT2D eigenvalue weighted by molar-refractivity contribution is 5.07. The van der Waals surface area contributed by atoms with E-state index >= 15 is 0 Å². The van der Waals surface area contributed by atoms with Crippen molar-refractivity contribution in [3.8, 4) is 0 Å². The van der Waals surface area contributed by atoms with Crippen molar-refractivity contribution in [1.82, 2.24) is 19.1 Å². The SMILES string of the molecule is CCCn1ccnc1CC(N)c1cn(C)cn1. The van der Waals surface area contributed by atoms with Gasteiger partial charge in [-0.1, -0.05) is 6.92 Å². The average Bonchev–Trinajstić information content (AvgIpc) is 2.89. The van der Waals surface area contributed by atoms with Gasteiger partial charge < -0.3 is 14.9 Å². The molecule has 92 valence electrons. The van der Waals surface area contributed by atoms with Crippen LogP contribution in [0.2, 0.25) is 0 Å². The molecule has 5 nitrogen and oxygen atoms in total. The summed E-state index contributed by atoms with van der Waals surface area (Å²) in [6, 6.07) is -0.0887. The highest BCUT2D eigenvalue weighted by Crippen LogP contribution is 2.13. The monoisotopic (exact) mass is 233 g/mol. The van der Waals surface area contributed by atoms with E-state index in [1.54, 1.807) is 6.33 Å². The second-order valence-corrected chi connectivity index (χ2v) is 4.31. The molecule has 0 aliphatic carbocycles. The summed E-state index contributed by atoms with van der Waals surface area (Å²) < 4.78 is 4.07. The first-order valence-electron chi connectivity index (χ1n) is 5.94. The normalized spacial score (nSPS) is 12.9. The van der Waals surface area contributed by atoms with Crippen LogP contribution in [-0.4, -0.2) is 19.1 Å². The van der Waals surface area contributed by atoms with Gasteiger partial charge in [-0.2, -0.15) is 0 Å². The lowest BCUT2D eigenvalue weighted by molar-refractivity contribution is 0.593. The van der Waals surface area contributed by atoms with Crippen LogP contribution in [0.4, 0.5) is 0 Å². The number of hydrogen-bond donors (Lipinski definition) is 1. The smallest absolute Gasteiger partial charge is 0.110 e. The maximum Gasteiger partial charge on any atom is 0.110 e. The third-order valence-corrected chi connectivity index (χ3v) is 2.77. The summed E-state index contributed by atoms with van der Waals surface area (Å²) in [5.74, 6) is 1.03. The second kappa shape index (κ2) is 5.14. The van der Waals surface area contributed by atoms with Crippen molar-refractivity contribution in [3.05, 3.63) is 36.4 Å². The zero-order valence-electron chi connectivity index (χ0n) is 10.4. The van der Waals surface area contributed by atoms with Crippen molar-refractivity contribution < 1.29 is 0 Å². The van der Waals surface area contributed by atoms with Gasteiger partial charge in [0.2, 0.25) is 0 Å². The fraction of sp³-hybridized carbons (Fsp3) is 0.500. The minimum atomic E-state index is -0.0887. The van der Waals surface area contributed by atoms with Gasteiger partial charge in [0.05, 0.1) is 18.1 Å². The van der Waals surface area contributed by atoms with E-state index in [2.05, 4.69) is 21.5 Å². The molecule has 0 amide bonds. The lowest BCUT2D eigenvalue weighted by Crippen LogP contribution is -2.17. The van der Waals surface area contributed by atoms with Gasteiger partial charge in [0.15, 0.2) is 0 Å². The summed E-state index contributed by atoms with van der Waals surface area (Å²) in [4.78, 5) is 8.63. The van der Waals surface area contributed by atoms with E-state index in [-0.39, 0.29) is 6.04 Å². The van der Waals surface area contributed by atoms with E-state index in [0.717, 1.165) is 30.9 Å². The number of hydrogen-bond acceptors (Lipinski definition) is 3. The molecule has 2 rings (SSSR count). The predicted molar refractivity (Wildman–Crippen MR) is 66.4 cm³/mol. The van der Waals surface area contributed by atoms with Crippen molar-refractivity contribution >= 4 is 0 Å². The Morgan fingerprint density at radius 3 is 2.88 bits per heavy atom. The standard InChI is InChI=1S/C12H19N5/c1-3-5-17-6-4-14-12(17)7-10(13)11-8-16(2)9-15-11/h4,6,8-10H,3,5,7,13H2,1-2H3. The van der Waals surface area contributed by atoms with Gasteiger partial charge in [-0.3, -0.25) is 0 Å². The van der Waals surface area contributed by atoms with Crippen LogP contribution in [0.25, 0.3) is 0 Å². The maximum absolute atomic E-state index is 6.14. The van der Waals surface area contributed by atoms with E-state index in [4.69, 9.17) is 5.73 Å². The number of aromatic nitrogens is 4. The van der Waals surface area contributed by atoms with Crippen LogP contribution in [0.15, 0.2) is 24.9 Å². The first kappa shape index (κ1) is 11.9. The van der Waals surface area contributed by atoms with Gasteiger partial charge in [-0.05, 0) is 6.42 Å². The van der Waals surface area contributed by atoms with E-state index in [9.17, 15) is 0 Å². The zero-order valence-corrected chi connectivity index (χ0v) is 10.4. The van der Waals surface area contributed by atoms with Gasteiger partial charge >= 0.3 is 0 Å². The topological polar surface area (TPSA) is 61.7 Å². The Labute approximate surface area is 101 Å². The van der Waals surface area contributed by atoms with Crippen LogP contribution in [0.1, 0.15) is 30.9 Å². The first-order chi connectivity index (χ1) is 8.20. The summed E-state index contributed by atoms with van der Waals surface area (Å²) >= 11 is 0. The zero-order chi connectivity index (χ0) is 12.3. The molecule has 1 unspecified atom stereocenters. The second-order valence-electron chi connectivity index (χ2n) is 4.31. The first-order valence-corrected chi connectivity index (χ1v) is 5.94. The molecule has 2 N–H and O–H groups in total. The third-order valence-electron chi connectivity index (χ3n) is 2.77. The van der Waals surface area contributed by atoms with Gasteiger partial charge in [-0.25, -0.2) is 9.97 Å². The quantitative estimate of drug-likeness (QED) is 0.846. The van der Waals surface area contributed by atoms with Crippen molar-refractivity contribution in [3.63, 3.8) is 0 Å². The molecule has 0 aliphatic rings. The molecule has 0 radical (unpaired) electrons. The highest BCUT2D eigenvalue weighted by atomic mass is 15.1. The summed E-state index contributed by atoms with van der Waals surface area (Å²) in [5.41, 5.74) is 7.05. The van der Waals surface area contributed by atoms with Gasteiger partial charge in [0.1, 0.15) is 5.82 Å². The molecule has 5 heteroatoms. The van der Waals surface area contributed by atoms with Crippen molar-refractivity contribution in [2.75, 3.05) is 0 Å². The third kappa shape index (κ3) is 2.74. The molecule has 0 saturated carbocycles. The van der Waals surface area contributed by atoms with Gasteiger partial charge in [0.25, 0.3) is 0 Å². The predicted octanol–water partition coefficient (Wildman–Crippen LogP) is 1.27. The Morgan fingerprint density at radius 1 is 1.41 bits per heavy atom. The summed E-state index contributed by atoms with van der Waals surface area (Å²) in [5, 5.41) is 0. The number of rotatable bonds is 5. The Kier molecular flexibility index (Phi) is 3.58. The van der Waals surface area contributed by atoms with Crippen molar-refractivity contribution in [1.29, 1.82) is 0 Å². The Bertz CT molecular complexity index is 471. The average molecular weight is 233 g/mol. The minimum absolute atomic E-state index is 0.0887. The molecule has 2 heterocycles. The van der Waals surface area contributed by atoms with Crippen LogP contribution < -0.4 is 5.73 Å². The number of imidazole rings is 2. The molecule has 0 fully saturated rings.